The minimum Gasteiger partial charge on any atom is -0.493 e. The van der Waals surface area contributed by atoms with E-state index < -0.39 is 6.04 Å². The standard InChI is InChI=1S/C15H18N2O3/c18-14(17-12-3-1-2-7-16-15(12)19)11-4-5-13-10(9-11)6-8-20-13/h4-5,9,12H,1-3,6-8H2,(H,16,19)(H,17,18)/t12-/m0/s1. The van der Waals surface area contributed by atoms with Crippen molar-refractivity contribution in [2.45, 2.75) is 31.7 Å². The van der Waals surface area contributed by atoms with Crippen molar-refractivity contribution < 1.29 is 14.3 Å². The monoisotopic (exact) mass is 274 g/mol. The molecule has 1 fully saturated rings. The molecule has 1 aromatic rings. The van der Waals surface area contributed by atoms with E-state index >= 15 is 0 Å². The lowest BCUT2D eigenvalue weighted by Gasteiger charge is -2.15. The summed E-state index contributed by atoms with van der Waals surface area (Å²) >= 11 is 0. The normalized spacial score (nSPS) is 21.4. The van der Waals surface area contributed by atoms with Crippen LogP contribution in [0.4, 0.5) is 0 Å². The van der Waals surface area contributed by atoms with E-state index in [-0.39, 0.29) is 11.8 Å². The highest BCUT2D eigenvalue weighted by Gasteiger charge is 2.23. The van der Waals surface area contributed by atoms with E-state index in [1.807, 2.05) is 12.1 Å². The molecule has 1 saturated heterocycles. The highest BCUT2D eigenvalue weighted by atomic mass is 16.5. The third-order valence-electron chi connectivity index (χ3n) is 3.79. The fraction of sp³-hybridized carbons (Fsp3) is 0.467. The summed E-state index contributed by atoms with van der Waals surface area (Å²) in [4.78, 5) is 24.1. The van der Waals surface area contributed by atoms with Crippen LogP contribution >= 0.6 is 0 Å². The smallest absolute Gasteiger partial charge is 0.251 e. The predicted octanol–water partition coefficient (Wildman–Crippen LogP) is 1.02. The van der Waals surface area contributed by atoms with Gasteiger partial charge in [0.2, 0.25) is 5.91 Å². The molecule has 2 heterocycles. The van der Waals surface area contributed by atoms with Gasteiger partial charge in [-0.3, -0.25) is 9.59 Å². The summed E-state index contributed by atoms with van der Waals surface area (Å²) in [6.45, 7) is 1.37. The number of hydrogen-bond acceptors (Lipinski definition) is 3. The van der Waals surface area contributed by atoms with Gasteiger partial charge in [0.1, 0.15) is 11.8 Å². The van der Waals surface area contributed by atoms with Gasteiger partial charge in [-0.1, -0.05) is 0 Å². The van der Waals surface area contributed by atoms with Crippen LogP contribution in [0.3, 0.4) is 0 Å². The molecule has 5 nitrogen and oxygen atoms in total. The molecule has 0 unspecified atom stereocenters. The van der Waals surface area contributed by atoms with Crippen LogP contribution in [0.15, 0.2) is 18.2 Å². The lowest BCUT2D eigenvalue weighted by Crippen LogP contribution is -2.45. The zero-order valence-electron chi connectivity index (χ0n) is 11.3. The van der Waals surface area contributed by atoms with Crippen molar-refractivity contribution in [3.05, 3.63) is 29.3 Å². The molecule has 2 amide bonds. The van der Waals surface area contributed by atoms with E-state index in [4.69, 9.17) is 4.74 Å². The summed E-state index contributed by atoms with van der Waals surface area (Å²) in [6.07, 6.45) is 3.45. The largest absolute Gasteiger partial charge is 0.493 e. The molecule has 2 aliphatic heterocycles. The van der Waals surface area contributed by atoms with Gasteiger partial charge in [0.05, 0.1) is 6.61 Å². The van der Waals surface area contributed by atoms with E-state index in [1.165, 1.54) is 0 Å². The Hall–Kier alpha value is -2.04. The fourth-order valence-corrected chi connectivity index (χ4v) is 2.65. The summed E-state index contributed by atoms with van der Waals surface area (Å²) in [5.74, 6) is 0.579. The van der Waals surface area contributed by atoms with Gasteiger partial charge in [-0.25, -0.2) is 0 Å². The Morgan fingerprint density at radius 2 is 2.25 bits per heavy atom. The van der Waals surface area contributed by atoms with Crippen molar-refractivity contribution in [1.29, 1.82) is 0 Å². The second kappa shape index (κ2) is 5.53. The first kappa shape index (κ1) is 13.0. The summed E-state index contributed by atoms with van der Waals surface area (Å²) in [5.41, 5.74) is 1.65. The van der Waals surface area contributed by atoms with Crippen molar-refractivity contribution in [3.8, 4) is 5.75 Å². The zero-order chi connectivity index (χ0) is 13.9. The number of nitrogens with one attached hydrogen (secondary N) is 2. The first-order valence-electron chi connectivity index (χ1n) is 7.08. The minimum atomic E-state index is -0.422. The Morgan fingerprint density at radius 1 is 1.35 bits per heavy atom. The van der Waals surface area contributed by atoms with E-state index in [0.717, 1.165) is 30.6 Å². The number of fused-ring (bicyclic) bond motifs is 1. The highest BCUT2D eigenvalue weighted by molar-refractivity contribution is 5.97. The maximum atomic E-state index is 12.2. The van der Waals surface area contributed by atoms with Gasteiger partial charge >= 0.3 is 0 Å². The number of rotatable bonds is 2. The average molecular weight is 274 g/mol. The van der Waals surface area contributed by atoms with Gasteiger partial charge in [-0.2, -0.15) is 0 Å². The molecule has 2 aliphatic rings. The molecular weight excluding hydrogens is 256 g/mol. The van der Waals surface area contributed by atoms with Crippen LogP contribution in [0.25, 0.3) is 0 Å². The number of carbonyl (C=O) groups is 2. The SMILES string of the molecule is O=C(N[C@H]1CCCCNC1=O)c1ccc2c(c1)CCO2. The van der Waals surface area contributed by atoms with Crippen LogP contribution in [-0.2, 0) is 11.2 Å². The van der Waals surface area contributed by atoms with Crippen LogP contribution in [0.1, 0.15) is 35.2 Å². The summed E-state index contributed by atoms with van der Waals surface area (Å²) in [5, 5.41) is 5.64. The van der Waals surface area contributed by atoms with Gasteiger partial charge < -0.3 is 15.4 Å². The Labute approximate surface area is 117 Å². The maximum absolute atomic E-state index is 12.2. The number of benzene rings is 1. The van der Waals surface area contributed by atoms with Crippen LogP contribution < -0.4 is 15.4 Å². The maximum Gasteiger partial charge on any atom is 0.251 e. The molecule has 0 radical (unpaired) electrons. The van der Waals surface area contributed by atoms with E-state index in [1.54, 1.807) is 6.07 Å². The first-order chi connectivity index (χ1) is 9.74. The summed E-state index contributed by atoms with van der Waals surface area (Å²) in [7, 11) is 0. The molecular formula is C15H18N2O3. The second-order valence-corrected chi connectivity index (χ2v) is 5.23. The second-order valence-electron chi connectivity index (χ2n) is 5.23. The van der Waals surface area contributed by atoms with Crippen molar-refractivity contribution in [2.75, 3.05) is 13.2 Å². The average Bonchev–Trinajstić information content (AvgIpc) is 2.83. The lowest BCUT2D eigenvalue weighted by atomic mass is 10.1. The molecule has 5 heteroatoms. The molecule has 0 saturated carbocycles. The number of hydrogen-bond donors (Lipinski definition) is 2. The van der Waals surface area contributed by atoms with Crippen molar-refractivity contribution in [2.24, 2.45) is 0 Å². The van der Waals surface area contributed by atoms with Gasteiger partial charge in [0, 0.05) is 18.5 Å². The number of amides is 2. The summed E-state index contributed by atoms with van der Waals surface area (Å²) in [6, 6.07) is 5.00. The van der Waals surface area contributed by atoms with Gasteiger partial charge in [-0.05, 0) is 43.0 Å². The van der Waals surface area contributed by atoms with Crippen molar-refractivity contribution in [3.63, 3.8) is 0 Å². The molecule has 106 valence electrons. The Kier molecular flexibility index (Phi) is 3.58. The third-order valence-corrected chi connectivity index (χ3v) is 3.79. The predicted molar refractivity (Wildman–Crippen MR) is 73.8 cm³/mol. The molecule has 3 rings (SSSR count). The minimum absolute atomic E-state index is 0.0830. The topological polar surface area (TPSA) is 67.4 Å². The van der Waals surface area contributed by atoms with Crippen LogP contribution in [0, 0.1) is 0 Å². The van der Waals surface area contributed by atoms with E-state index in [0.29, 0.717) is 25.1 Å². The summed E-state index contributed by atoms with van der Waals surface area (Å²) < 4.78 is 5.42. The molecule has 0 spiro atoms. The van der Waals surface area contributed by atoms with E-state index in [2.05, 4.69) is 10.6 Å². The molecule has 1 aromatic carbocycles. The quantitative estimate of drug-likeness (QED) is 0.846. The molecule has 0 bridgehead atoms. The Balaban J connectivity index is 1.71. The molecule has 20 heavy (non-hydrogen) atoms. The van der Waals surface area contributed by atoms with Crippen LogP contribution in [-0.4, -0.2) is 31.0 Å². The molecule has 0 aromatic heterocycles. The van der Waals surface area contributed by atoms with Crippen molar-refractivity contribution >= 4 is 11.8 Å². The molecule has 1 atom stereocenters. The first-order valence-corrected chi connectivity index (χ1v) is 7.08. The Bertz CT molecular complexity index is 542. The Morgan fingerprint density at radius 3 is 3.15 bits per heavy atom. The molecule has 2 N–H and O–H groups in total. The zero-order valence-corrected chi connectivity index (χ0v) is 11.3. The molecule has 0 aliphatic carbocycles. The highest BCUT2D eigenvalue weighted by Crippen LogP contribution is 2.25. The van der Waals surface area contributed by atoms with Crippen LogP contribution in [0.2, 0.25) is 0 Å². The van der Waals surface area contributed by atoms with Gasteiger partial charge in [0.25, 0.3) is 5.91 Å². The van der Waals surface area contributed by atoms with Crippen molar-refractivity contribution in [1.82, 2.24) is 10.6 Å². The van der Waals surface area contributed by atoms with Gasteiger partial charge in [-0.15, -0.1) is 0 Å². The van der Waals surface area contributed by atoms with Gasteiger partial charge in [0.15, 0.2) is 0 Å². The third kappa shape index (κ3) is 2.61. The fourth-order valence-electron chi connectivity index (χ4n) is 2.65. The number of ether oxygens (including phenoxy) is 1. The lowest BCUT2D eigenvalue weighted by molar-refractivity contribution is -0.122. The van der Waals surface area contributed by atoms with E-state index in [9.17, 15) is 9.59 Å². The number of carbonyl (C=O) groups excluding carboxylic acids is 2. The van der Waals surface area contributed by atoms with Crippen LogP contribution in [0.5, 0.6) is 5.75 Å².